The van der Waals surface area contributed by atoms with E-state index in [0.717, 1.165) is 0 Å². The fourth-order valence-electron chi connectivity index (χ4n) is 1.74. The molecular weight excluding hydrogens is 341 g/mol. The maximum atomic E-state index is 12.6. The highest BCUT2D eigenvalue weighted by atomic mass is 35.5. The topological polar surface area (TPSA) is 44.1 Å². The molecular formula is C13H10ClF3N2O2S. The van der Waals surface area contributed by atoms with Crippen molar-refractivity contribution in [2.24, 2.45) is 7.05 Å². The number of carbonyl (C=O) groups excluding carboxylic acids is 1. The molecule has 0 radical (unpaired) electrons. The summed E-state index contributed by atoms with van der Waals surface area (Å²) in [7, 11) is 1.67. The van der Waals surface area contributed by atoms with Gasteiger partial charge in [0.1, 0.15) is 6.61 Å². The number of aryl methyl sites for hydroxylation is 1. The molecule has 0 bridgehead atoms. The van der Waals surface area contributed by atoms with E-state index in [1.165, 1.54) is 22.9 Å². The Balaban J connectivity index is 2.30. The van der Waals surface area contributed by atoms with Crippen molar-refractivity contribution in [2.75, 3.05) is 0 Å². The monoisotopic (exact) mass is 350 g/mol. The highest BCUT2D eigenvalue weighted by molar-refractivity contribution is 8.00. The first-order valence-electron chi connectivity index (χ1n) is 5.96. The lowest BCUT2D eigenvalue weighted by Crippen LogP contribution is -2.08. The normalized spacial score (nSPS) is 11.5. The second kappa shape index (κ2) is 6.62. The first-order valence-corrected chi connectivity index (χ1v) is 7.15. The number of alkyl halides is 3. The second-order valence-electron chi connectivity index (χ2n) is 4.22. The smallest absolute Gasteiger partial charge is 0.446 e. The molecule has 2 aromatic rings. The number of thioether (sulfide) groups is 1. The lowest BCUT2D eigenvalue weighted by atomic mass is 10.1. The molecule has 0 fully saturated rings. The van der Waals surface area contributed by atoms with Gasteiger partial charge in [-0.15, -0.1) is 5.10 Å². The van der Waals surface area contributed by atoms with Gasteiger partial charge >= 0.3 is 5.51 Å². The number of nitrogens with zero attached hydrogens (tertiary/aromatic N) is 2. The molecule has 0 atom stereocenters. The summed E-state index contributed by atoms with van der Waals surface area (Å²) in [4.78, 5) is 11.3. The number of hydrogen-bond donors (Lipinski definition) is 0. The SMILES string of the molecule is Cn1ccc(OCc2c(SC(F)(F)F)cccc2C(=O)Cl)n1. The molecule has 0 aliphatic heterocycles. The second-order valence-corrected chi connectivity index (χ2v) is 5.67. The van der Waals surface area contributed by atoms with Gasteiger partial charge < -0.3 is 4.74 Å². The maximum Gasteiger partial charge on any atom is 0.446 e. The molecule has 1 aromatic carbocycles. The van der Waals surface area contributed by atoms with Gasteiger partial charge in [-0.1, -0.05) is 6.07 Å². The molecule has 0 saturated heterocycles. The Labute approximate surface area is 133 Å². The van der Waals surface area contributed by atoms with Gasteiger partial charge in [0.2, 0.25) is 5.88 Å². The van der Waals surface area contributed by atoms with E-state index in [2.05, 4.69) is 5.10 Å². The van der Waals surface area contributed by atoms with Crippen LogP contribution in [0.5, 0.6) is 5.88 Å². The van der Waals surface area contributed by atoms with E-state index in [1.54, 1.807) is 19.3 Å². The van der Waals surface area contributed by atoms with Crippen molar-refractivity contribution in [1.29, 1.82) is 0 Å². The maximum absolute atomic E-state index is 12.6. The van der Waals surface area contributed by atoms with Crippen molar-refractivity contribution in [1.82, 2.24) is 9.78 Å². The van der Waals surface area contributed by atoms with Crippen molar-refractivity contribution in [3.8, 4) is 5.88 Å². The third-order valence-corrected chi connectivity index (χ3v) is 3.66. The first kappa shape index (κ1) is 16.7. The number of hydrogen-bond acceptors (Lipinski definition) is 4. The summed E-state index contributed by atoms with van der Waals surface area (Å²) in [5, 5.41) is 3.11. The van der Waals surface area contributed by atoms with Crippen LogP contribution < -0.4 is 4.74 Å². The van der Waals surface area contributed by atoms with Crippen LogP contribution in [0.15, 0.2) is 35.4 Å². The summed E-state index contributed by atoms with van der Waals surface area (Å²) in [5.74, 6) is 0.238. The van der Waals surface area contributed by atoms with E-state index in [4.69, 9.17) is 16.3 Å². The molecule has 1 aromatic heterocycles. The predicted octanol–water partition coefficient (Wildman–Crippen LogP) is 3.99. The van der Waals surface area contributed by atoms with Crippen LogP contribution in [0, 0.1) is 0 Å². The average Bonchev–Trinajstić information content (AvgIpc) is 2.81. The summed E-state index contributed by atoms with van der Waals surface area (Å²) in [6.07, 6.45) is 1.62. The van der Waals surface area contributed by atoms with Crippen LogP contribution >= 0.6 is 23.4 Å². The van der Waals surface area contributed by atoms with Crippen molar-refractivity contribution in [2.45, 2.75) is 17.0 Å². The lowest BCUT2D eigenvalue weighted by molar-refractivity contribution is -0.0328. The van der Waals surface area contributed by atoms with Crippen molar-refractivity contribution in [3.63, 3.8) is 0 Å². The summed E-state index contributed by atoms with van der Waals surface area (Å²) in [5.41, 5.74) is -4.42. The Morgan fingerprint density at radius 2 is 2.14 bits per heavy atom. The largest absolute Gasteiger partial charge is 0.472 e. The van der Waals surface area contributed by atoms with E-state index >= 15 is 0 Å². The highest BCUT2D eigenvalue weighted by Crippen LogP contribution is 2.39. The van der Waals surface area contributed by atoms with Crippen LogP contribution in [0.2, 0.25) is 0 Å². The molecule has 0 aliphatic rings. The van der Waals surface area contributed by atoms with E-state index in [1.807, 2.05) is 0 Å². The molecule has 22 heavy (non-hydrogen) atoms. The molecule has 2 rings (SSSR count). The summed E-state index contributed by atoms with van der Waals surface area (Å²) >= 11 is 5.12. The van der Waals surface area contributed by atoms with Crippen molar-refractivity contribution in [3.05, 3.63) is 41.6 Å². The summed E-state index contributed by atoms with van der Waals surface area (Å²) in [6, 6.07) is 5.52. The highest BCUT2D eigenvalue weighted by Gasteiger charge is 2.31. The fraction of sp³-hybridized carbons (Fsp3) is 0.231. The van der Waals surface area contributed by atoms with Gasteiger partial charge in [0.25, 0.3) is 5.24 Å². The van der Waals surface area contributed by atoms with Crippen LogP contribution in [0.1, 0.15) is 15.9 Å². The third-order valence-electron chi connectivity index (χ3n) is 2.62. The quantitative estimate of drug-likeness (QED) is 0.604. The van der Waals surface area contributed by atoms with E-state index in [9.17, 15) is 18.0 Å². The zero-order valence-electron chi connectivity index (χ0n) is 11.2. The number of carbonyl (C=O) groups is 1. The van der Waals surface area contributed by atoms with Crippen LogP contribution in [0.4, 0.5) is 13.2 Å². The Hall–Kier alpha value is -1.67. The Bertz CT molecular complexity index is 688. The van der Waals surface area contributed by atoms with Gasteiger partial charge in [-0.2, -0.15) is 13.2 Å². The third kappa shape index (κ3) is 4.41. The van der Waals surface area contributed by atoms with Crippen molar-refractivity contribution >= 4 is 28.6 Å². The van der Waals surface area contributed by atoms with Gasteiger partial charge in [-0.25, -0.2) is 0 Å². The zero-order valence-corrected chi connectivity index (χ0v) is 12.8. The van der Waals surface area contributed by atoms with Gasteiger partial charge in [-0.3, -0.25) is 9.48 Å². The zero-order chi connectivity index (χ0) is 16.3. The number of aromatic nitrogens is 2. The molecule has 0 saturated carbocycles. The minimum absolute atomic E-state index is 0.0214. The average molecular weight is 351 g/mol. The van der Waals surface area contributed by atoms with Gasteiger partial charge in [0, 0.05) is 35.3 Å². The van der Waals surface area contributed by atoms with Crippen molar-refractivity contribution < 1.29 is 22.7 Å². The predicted molar refractivity (Wildman–Crippen MR) is 76.1 cm³/mol. The molecule has 0 N–H and O–H groups in total. The standard InChI is InChI=1S/C13H10ClF3N2O2S/c1-19-6-5-11(18-19)21-7-9-8(12(14)20)3-2-4-10(9)22-13(15,16)17/h2-6H,7H2,1H3. The Morgan fingerprint density at radius 3 is 2.68 bits per heavy atom. The fourth-order valence-corrected chi connectivity index (χ4v) is 2.60. The summed E-state index contributed by atoms with van der Waals surface area (Å²) in [6.45, 7) is -0.246. The molecule has 1 heterocycles. The van der Waals surface area contributed by atoms with Gasteiger partial charge in [-0.05, 0) is 35.5 Å². The molecule has 4 nitrogen and oxygen atoms in total. The van der Waals surface area contributed by atoms with Crippen LogP contribution in [0.3, 0.4) is 0 Å². The molecule has 118 valence electrons. The van der Waals surface area contributed by atoms with E-state index in [-0.39, 0.29) is 40.3 Å². The molecule has 0 spiro atoms. The van der Waals surface area contributed by atoms with Crippen LogP contribution in [-0.4, -0.2) is 20.5 Å². The number of benzene rings is 1. The van der Waals surface area contributed by atoms with E-state index in [0.29, 0.717) is 0 Å². The number of ether oxygens (including phenoxy) is 1. The number of rotatable bonds is 5. The minimum atomic E-state index is -4.48. The number of halogens is 4. The first-order chi connectivity index (χ1) is 10.3. The van der Waals surface area contributed by atoms with Crippen LogP contribution in [-0.2, 0) is 13.7 Å². The molecule has 9 heteroatoms. The molecule has 0 unspecified atom stereocenters. The van der Waals surface area contributed by atoms with E-state index < -0.39 is 10.8 Å². The Kier molecular flexibility index (Phi) is 5.02. The van der Waals surface area contributed by atoms with Gasteiger partial charge in [0.05, 0.1) is 0 Å². The lowest BCUT2D eigenvalue weighted by Gasteiger charge is -2.13. The summed E-state index contributed by atoms with van der Waals surface area (Å²) < 4.78 is 44.6. The van der Waals surface area contributed by atoms with Crippen LogP contribution in [0.25, 0.3) is 0 Å². The van der Waals surface area contributed by atoms with Gasteiger partial charge in [0.15, 0.2) is 0 Å². The molecule has 0 aliphatic carbocycles. The Morgan fingerprint density at radius 1 is 1.41 bits per heavy atom. The minimum Gasteiger partial charge on any atom is -0.472 e. The molecule has 0 amide bonds.